The van der Waals surface area contributed by atoms with Crippen molar-refractivity contribution < 1.29 is 0 Å². The molecule has 1 aliphatic rings. The van der Waals surface area contributed by atoms with Crippen molar-refractivity contribution >= 4 is 5.69 Å². The Morgan fingerprint density at radius 3 is 2.42 bits per heavy atom. The third-order valence-electron chi connectivity index (χ3n) is 3.76. The summed E-state index contributed by atoms with van der Waals surface area (Å²) in [6.45, 7) is 7.79. The number of nitrogens with one attached hydrogen (secondary N) is 1. The number of hydrogen-bond donors (Lipinski definition) is 1. The van der Waals surface area contributed by atoms with Gasteiger partial charge in [-0.05, 0) is 49.9 Å². The van der Waals surface area contributed by atoms with Gasteiger partial charge in [-0.25, -0.2) is 0 Å². The minimum Gasteiger partial charge on any atom is -0.369 e. The first-order valence-corrected chi connectivity index (χ1v) is 7.91. The Hall–Kier alpha value is -1.02. The molecule has 0 unspecified atom stereocenters. The molecule has 1 N–H and O–H groups in total. The van der Waals surface area contributed by atoms with Gasteiger partial charge < -0.3 is 10.2 Å². The second-order valence-corrected chi connectivity index (χ2v) is 5.62. The van der Waals surface area contributed by atoms with Crippen molar-refractivity contribution in [2.24, 2.45) is 0 Å². The fraction of sp³-hybridized carbons (Fsp3) is 0.647. The maximum Gasteiger partial charge on any atom is 0.0368 e. The second kappa shape index (κ2) is 7.54. The summed E-state index contributed by atoms with van der Waals surface area (Å²) >= 11 is 0. The zero-order valence-corrected chi connectivity index (χ0v) is 12.5. The van der Waals surface area contributed by atoms with Gasteiger partial charge in [0.15, 0.2) is 0 Å². The van der Waals surface area contributed by atoms with Gasteiger partial charge in [0.2, 0.25) is 0 Å². The van der Waals surface area contributed by atoms with Gasteiger partial charge in [-0.2, -0.15) is 0 Å². The van der Waals surface area contributed by atoms with Crippen molar-refractivity contribution in [1.29, 1.82) is 0 Å². The summed E-state index contributed by atoms with van der Waals surface area (Å²) < 4.78 is 0. The second-order valence-electron chi connectivity index (χ2n) is 5.62. The predicted octanol–water partition coefficient (Wildman–Crippen LogP) is 3.96. The highest BCUT2D eigenvalue weighted by Gasteiger charge is 2.28. The molecular weight excluding hydrogens is 232 g/mol. The van der Waals surface area contributed by atoms with E-state index in [1.54, 1.807) is 0 Å². The molecular formula is C17H28N2. The van der Waals surface area contributed by atoms with Gasteiger partial charge in [0.05, 0.1) is 0 Å². The first-order chi connectivity index (χ1) is 9.35. The van der Waals surface area contributed by atoms with Crippen LogP contribution >= 0.6 is 0 Å². The Labute approximate surface area is 118 Å². The van der Waals surface area contributed by atoms with Crippen LogP contribution in [0.5, 0.6) is 0 Å². The molecule has 0 amide bonds. The first kappa shape index (κ1) is 14.4. The van der Waals surface area contributed by atoms with Gasteiger partial charge in [-0.1, -0.05) is 32.4 Å². The number of nitrogens with zero attached hydrogens (tertiary/aromatic N) is 1. The summed E-state index contributed by atoms with van der Waals surface area (Å²) in [5.41, 5.74) is 2.80. The lowest BCUT2D eigenvalue weighted by Crippen LogP contribution is -2.26. The van der Waals surface area contributed by atoms with Crippen molar-refractivity contribution in [3.63, 3.8) is 0 Å². The largest absolute Gasteiger partial charge is 0.369 e. The summed E-state index contributed by atoms with van der Waals surface area (Å²) in [6.07, 6.45) is 6.54. The van der Waals surface area contributed by atoms with E-state index in [1.807, 2.05) is 0 Å². The van der Waals surface area contributed by atoms with Crippen molar-refractivity contribution in [1.82, 2.24) is 5.32 Å². The van der Waals surface area contributed by atoms with Crippen LogP contribution in [-0.2, 0) is 6.54 Å². The quantitative estimate of drug-likeness (QED) is 0.676. The van der Waals surface area contributed by atoms with Crippen LogP contribution in [0.4, 0.5) is 5.69 Å². The lowest BCUT2D eigenvalue weighted by molar-refractivity contribution is 0.675. The molecule has 0 spiro atoms. The fourth-order valence-electron chi connectivity index (χ4n) is 2.45. The molecule has 0 radical (unpaired) electrons. The minimum absolute atomic E-state index is 0.815. The molecule has 19 heavy (non-hydrogen) atoms. The minimum atomic E-state index is 0.815. The molecule has 2 nitrogen and oxygen atoms in total. The molecule has 106 valence electrons. The van der Waals surface area contributed by atoms with E-state index in [9.17, 15) is 0 Å². The summed E-state index contributed by atoms with van der Waals surface area (Å²) in [5, 5.41) is 3.46. The standard InChI is InChI=1S/C17H28N2/c1-3-5-13-19(17-10-11-17)16-8-6-15(7-9-16)14-18-12-4-2/h6-9,17-18H,3-5,10-14H2,1-2H3. The number of anilines is 1. The molecule has 1 fully saturated rings. The maximum absolute atomic E-state index is 3.46. The highest BCUT2D eigenvalue weighted by molar-refractivity contribution is 5.49. The lowest BCUT2D eigenvalue weighted by atomic mass is 10.1. The van der Waals surface area contributed by atoms with E-state index in [4.69, 9.17) is 0 Å². The van der Waals surface area contributed by atoms with E-state index in [0.29, 0.717) is 0 Å². The van der Waals surface area contributed by atoms with Crippen LogP contribution in [0.25, 0.3) is 0 Å². The first-order valence-electron chi connectivity index (χ1n) is 7.91. The molecule has 0 atom stereocenters. The third kappa shape index (κ3) is 4.54. The molecule has 1 aliphatic carbocycles. The van der Waals surface area contributed by atoms with Crippen LogP contribution in [0.15, 0.2) is 24.3 Å². The van der Waals surface area contributed by atoms with Crippen molar-refractivity contribution in [3.05, 3.63) is 29.8 Å². The Morgan fingerprint density at radius 1 is 1.11 bits per heavy atom. The summed E-state index contributed by atoms with van der Waals surface area (Å²) in [5.74, 6) is 0. The van der Waals surface area contributed by atoms with Crippen LogP contribution in [0.3, 0.4) is 0 Å². The van der Waals surface area contributed by atoms with Gasteiger partial charge in [0, 0.05) is 24.8 Å². The molecule has 0 aromatic heterocycles. The molecule has 0 aliphatic heterocycles. The van der Waals surface area contributed by atoms with E-state index < -0.39 is 0 Å². The third-order valence-corrected chi connectivity index (χ3v) is 3.76. The van der Waals surface area contributed by atoms with E-state index in [2.05, 4.69) is 48.3 Å². The van der Waals surface area contributed by atoms with Crippen LogP contribution in [0.2, 0.25) is 0 Å². The normalized spacial score (nSPS) is 14.6. The highest BCUT2D eigenvalue weighted by atomic mass is 15.2. The van der Waals surface area contributed by atoms with Gasteiger partial charge >= 0.3 is 0 Å². The summed E-state index contributed by atoms with van der Waals surface area (Å²) in [7, 11) is 0. The van der Waals surface area contributed by atoms with Crippen LogP contribution in [-0.4, -0.2) is 19.1 Å². The molecule has 1 aromatic carbocycles. The maximum atomic E-state index is 3.46. The Morgan fingerprint density at radius 2 is 1.84 bits per heavy atom. The number of hydrogen-bond acceptors (Lipinski definition) is 2. The zero-order chi connectivity index (χ0) is 13.5. The van der Waals surface area contributed by atoms with Crippen molar-refractivity contribution in [2.75, 3.05) is 18.0 Å². The van der Waals surface area contributed by atoms with E-state index in [-0.39, 0.29) is 0 Å². The zero-order valence-electron chi connectivity index (χ0n) is 12.5. The van der Waals surface area contributed by atoms with Gasteiger partial charge in [-0.3, -0.25) is 0 Å². The van der Waals surface area contributed by atoms with E-state index in [1.165, 1.54) is 49.9 Å². The van der Waals surface area contributed by atoms with Gasteiger partial charge in [0.1, 0.15) is 0 Å². The van der Waals surface area contributed by atoms with Crippen LogP contribution in [0.1, 0.15) is 51.5 Å². The molecule has 0 bridgehead atoms. The molecule has 0 heterocycles. The smallest absolute Gasteiger partial charge is 0.0368 e. The number of benzene rings is 1. The van der Waals surface area contributed by atoms with Gasteiger partial charge in [-0.15, -0.1) is 0 Å². The SMILES string of the molecule is CCCCN(c1ccc(CNCCC)cc1)C1CC1. The summed E-state index contributed by atoms with van der Waals surface area (Å²) in [4.78, 5) is 2.60. The Bertz CT molecular complexity index is 354. The summed E-state index contributed by atoms with van der Waals surface area (Å²) in [6, 6.07) is 9.97. The van der Waals surface area contributed by atoms with E-state index in [0.717, 1.165) is 19.1 Å². The molecule has 0 saturated heterocycles. The Balaban J connectivity index is 1.91. The predicted molar refractivity (Wildman–Crippen MR) is 83.7 cm³/mol. The fourth-order valence-corrected chi connectivity index (χ4v) is 2.45. The topological polar surface area (TPSA) is 15.3 Å². The molecule has 2 rings (SSSR count). The highest BCUT2D eigenvalue weighted by Crippen LogP contribution is 2.32. The van der Waals surface area contributed by atoms with Crippen molar-refractivity contribution in [3.8, 4) is 0 Å². The molecule has 1 aromatic rings. The molecule has 1 saturated carbocycles. The number of unbranched alkanes of at least 4 members (excludes halogenated alkanes) is 1. The molecule has 2 heteroatoms. The average Bonchev–Trinajstić information content (AvgIpc) is 3.26. The van der Waals surface area contributed by atoms with Crippen LogP contribution in [0, 0.1) is 0 Å². The lowest BCUT2D eigenvalue weighted by Gasteiger charge is -2.24. The van der Waals surface area contributed by atoms with Gasteiger partial charge in [0.25, 0.3) is 0 Å². The van der Waals surface area contributed by atoms with Crippen LogP contribution < -0.4 is 10.2 Å². The van der Waals surface area contributed by atoms with E-state index >= 15 is 0 Å². The Kier molecular flexibility index (Phi) is 5.71. The average molecular weight is 260 g/mol. The number of rotatable bonds is 9. The van der Waals surface area contributed by atoms with Crippen molar-refractivity contribution in [2.45, 2.75) is 58.5 Å². The monoisotopic (exact) mass is 260 g/mol.